The van der Waals surface area contributed by atoms with Gasteiger partial charge >= 0.3 is 5.97 Å². The number of para-hydroxylation sites is 2. The number of phenols is 1. The zero-order valence-electron chi connectivity index (χ0n) is 10.5. The minimum atomic E-state index is -0.696. The Bertz CT molecular complexity index is 334. The molecule has 96 valence electrons. The van der Waals surface area contributed by atoms with Crippen molar-refractivity contribution in [1.82, 2.24) is 0 Å². The van der Waals surface area contributed by atoms with Gasteiger partial charge in [-0.15, -0.1) is 0 Å². The van der Waals surface area contributed by atoms with Crippen LogP contribution in [0.2, 0.25) is 0 Å². The Morgan fingerprint density at radius 3 is 2.24 bits per heavy atom. The Morgan fingerprint density at radius 1 is 1.35 bits per heavy atom. The van der Waals surface area contributed by atoms with Crippen LogP contribution in [-0.2, 0) is 4.79 Å². The lowest BCUT2D eigenvalue weighted by atomic mass is 10.1. The zero-order valence-corrected chi connectivity index (χ0v) is 10.5. The molecule has 4 nitrogen and oxygen atoms in total. The van der Waals surface area contributed by atoms with E-state index in [4.69, 9.17) is 14.9 Å². The average Bonchev–Trinajstić information content (AvgIpc) is 2.28. The third-order valence-electron chi connectivity index (χ3n) is 2.02. The molecule has 0 aliphatic heterocycles. The lowest BCUT2D eigenvalue weighted by molar-refractivity contribution is -0.137. The van der Waals surface area contributed by atoms with Gasteiger partial charge in [-0.2, -0.15) is 0 Å². The first-order valence-electron chi connectivity index (χ1n) is 5.51. The van der Waals surface area contributed by atoms with Crippen LogP contribution in [0.3, 0.4) is 0 Å². The van der Waals surface area contributed by atoms with E-state index in [1.54, 1.807) is 24.3 Å². The number of hydrogen-bond donors (Lipinski definition) is 2. The van der Waals surface area contributed by atoms with E-state index in [0.717, 1.165) is 6.42 Å². The third kappa shape index (κ3) is 8.13. The number of ether oxygens (including phenoxy) is 1. The molecule has 0 aliphatic carbocycles. The minimum Gasteiger partial charge on any atom is -0.504 e. The molecule has 0 saturated carbocycles. The summed E-state index contributed by atoms with van der Waals surface area (Å²) in [6.07, 6.45) is 1.09. The van der Waals surface area contributed by atoms with E-state index in [9.17, 15) is 4.79 Å². The van der Waals surface area contributed by atoms with Crippen LogP contribution in [0.1, 0.15) is 26.7 Å². The molecule has 0 heterocycles. The number of aromatic hydroxyl groups is 1. The molecule has 0 unspecified atom stereocenters. The van der Waals surface area contributed by atoms with Crippen LogP contribution in [0, 0.1) is 5.92 Å². The molecule has 1 aromatic rings. The average molecular weight is 240 g/mol. The van der Waals surface area contributed by atoms with E-state index < -0.39 is 5.97 Å². The normalized spacial score (nSPS) is 9.41. The van der Waals surface area contributed by atoms with Gasteiger partial charge in [-0.3, -0.25) is 4.79 Å². The molecule has 2 N–H and O–H groups in total. The predicted octanol–water partition coefficient (Wildman–Crippen LogP) is 2.91. The van der Waals surface area contributed by atoms with E-state index in [-0.39, 0.29) is 5.75 Å². The van der Waals surface area contributed by atoms with E-state index in [1.807, 2.05) is 13.8 Å². The zero-order chi connectivity index (χ0) is 13.3. The molecule has 4 heteroatoms. The van der Waals surface area contributed by atoms with Gasteiger partial charge in [0.1, 0.15) is 0 Å². The fraction of sp³-hybridized carbons (Fsp3) is 0.462. The number of carboxylic acid groups (broad SMARTS) is 1. The molecule has 0 saturated heterocycles. The number of hydrogen-bond acceptors (Lipinski definition) is 3. The van der Waals surface area contributed by atoms with Crippen molar-refractivity contribution < 1.29 is 19.7 Å². The Labute approximate surface area is 102 Å². The van der Waals surface area contributed by atoms with Gasteiger partial charge in [-0.1, -0.05) is 26.0 Å². The van der Waals surface area contributed by atoms with Gasteiger partial charge < -0.3 is 14.9 Å². The smallest absolute Gasteiger partial charge is 0.303 e. The van der Waals surface area contributed by atoms with Crippen LogP contribution < -0.4 is 4.74 Å². The first-order chi connectivity index (χ1) is 7.97. The maximum absolute atomic E-state index is 9.90. The van der Waals surface area contributed by atoms with Crippen molar-refractivity contribution in [3.05, 3.63) is 24.3 Å². The van der Waals surface area contributed by atoms with Gasteiger partial charge in [-0.05, 0) is 24.5 Å². The van der Waals surface area contributed by atoms with Crippen LogP contribution in [0.25, 0.3) is 0 Å². The number of carboxylic acids is 1. The molecule has 0 radical (unpaired) electrons. The highest BCUT2D eigenvalue weighted by Crippen LogP contribution is 2.22. The van der Waals surface area contributed by atoms with Crippen molar-refractivity contribution in [1.29, 1.82) is 0 Å². The van der Waals surface area contributed by atoms with Gasteiger partial charge in [0.15, 0.2) is 11.5 Å². The number of phenolic OH excluding ortho intramolecular Hbond substituents is 1. The largest absolute Gasteiger partial charge is 0.504 e. The van der Waals surface area contributed by atoms with Gasteiger partial charge in [0.25, 0.3) is 0 Å². The Morgan fingerprint density at radius 2 is 1.94 bits per heavy atom. The van der Waals surface area contributed by atoms with Crippen molar-refractivity contribution in [2.24, 2.45) is 5.92 Å². The van der Waals surface area contributed by atoms with E-state index in [2.05, 4.69) is 0 Å². The second-order valence-corrected chi connectivity index (χ2v) is 4.00. The van der Waals surface area contributed by atoms with Gasteiger partial charge in [0.05, 0.1) is 7.11 Å². The molecule has 0 bridgehead atoms. The van der Waals surface area contributed by atoms with E-state index in [0.29, 0.717) is 18.1 Å². The highest BCUT2D eigenvalue weighted by atomic mass is 16.5. The molecule has 0 atom stereocenters. The van der Waals surface area contributed by atoms with Crippen LogP contribution in [-0.4, -0.2) is 23.3 Å². The molecular formula is C13H20O4. The molecule has 0 aromatic heterocycles. The SMILES string of the molecule is CC(C)CCC(=O)O.COc1ccccc1O. The molecule has 0 amide bonds. The maximum Gasteiger partial charge on any atom is 0.303 e. The number of rotatable bonds is 4. The van der Waals surface area contributed by atoms with Crippen molar-refractivity contribution in [3.8, 4) is 11.5 Å². The Hall–Kier alpha value is -1.71. The summed E-state index contributed by atoms with van der Waals surface area (Å²) in [5.41, 5.74) is 0. The van der Waals surface area contributed by atoms with Gasteiger partial charge in [0.2, 0.25) is 0 Å². The minimum absolute atomic E-state index is 0.181. The van der Waals surface area contributed by atoms with Crippen LogP contribution in [0.4, 0.5) is 0 Å². The number of carbonyl (C=O) groups is 1. The highest BCUT2D eigenvalue weighted by Gasteiger charge is 1.98. The summed E-state index contributed by atoms with van der Waals surface area (Å²) in [6, 6.07) is 6.84. The molecule has 0 fully saturated rings. The first-order valence-corrected chi connectivity index (χ1v) is 5.51. The lowest BCUT2D eigenvalue weighted by Crippen LogP contribution is -1.97. The summed E-state index contributed by atoms with van der Waals surface area (Å²) in [5.74, 6) is 0.502. The Kier molecular flexibility index (Phi) is 7.59. The number of benzene rings is 1. The summed E-state index contributed by atoms with van der Waals surface area (Å²) >= 11 is 0. The lowest BCUT2D eigenvalue weighted by Gasteiger charge is -1.99. The highest BCUT2D eigenvalue weighted by molar-refractivity contribution is 5.66. The fourth-order valence-corrected chi connectivity index (χ4v) is 1.04. The summed E-state index contributed by atoms with van der Waals surface area (Å²) in [6.45, 7) is 4.03. The maximum atomic E-state index is 9.90. The standard InChI is InChI=1S/C7H8O2.C6H12O2/c1-9-7-5-3-2-4-6(7)8;1-5(2)3-4-6(7)8/h2-5,8H,1H3;5H,3-4H2,1-2H3,(H,7,8). The van der Waals surface area contributed by atoms with Crippen LogP contribution in [0.15, 0.2) is 24.3 Å². The molecule has 0 aliphatic rings. The molecule has 1 aromatic carbocycles. The predicted molar refractivity (Wildman–Crippen MR) is 66.4 cm³/mol. The van der Waals surface area contributed by atoms with Crippen LogP contribution in [0.5, 0.6) is 11.5 Å². The molecule has 1 rings (SSSR count). The second-order valence-electron chi connectivity index (χ2n) is 4.00. The van der Waals surface area contributed by atoms with Crippen LogP contribution >= 0.6 is 0 Å². The summed E-state index contributed by atoms with van der Waals surface area (Å²) in [4.78, 5) is 9.90. The summed E-state index contributed by atoms with van der Waals surface area (Å²) < 4.78 is 4.79. The summed E-state index contributed by atoms with van der Waals surface area (Å²) in [5, 5.41) is 17.1. The quantitative estimate of drug-likeness (QED) is 0.849. The first kappa shape index (κ1) is 15.3. The van der Waals surface area contributed by atoms with Crippen molar-refractivity contribution in [2.45, 2.75) is 26.7 Å². The fourth-order valence-electron chi connectivity index (χ4n) is 1.04. The second kappa shape index (κ2) is 8.44. The molecule has 0 spiro atoms. The third-order valence-corrected chi connectivity index (χ3v) is 2.02. The van der Waals surface area contributed by atoms with Crippen molar-refractivity contribution >= 4 is 5.97 Å². The Balaban J connectivity index is 0.000000304. The topological polar surface area (TPSA) is 66.8 Å². The van der Waals surface area contributed by atoms with E-state index >= 15 is 0 Å². The number of methoxy groups -OCH3 is 1. The van der Waals surface area contributed by atoms with Gasteiger partial charge in [-0.25, -0.2) is 0 Å². The molecular weight excluding hydrogens is 220 g/mol. The summed E-state index contributed by atoms with van der Waals surface area (Å²) in [7, 11) is 1.52. The monoisotopic (exact) mass is 240 g/mol. The molecule has 17 heavy (non-hydrogen) atoms. The van der Waals surface area contributed by atoms with Crippen molar-refractivity contribution in [2.75, 3.05) is 7.11 Å². The van der Waals surface area contributed by atoms with Gasteiger partial charge in [0, 0.05) is 6.42 Å². The van der Waals surface area contributed by atoms with E-state index in [1.165, 1.54) is 7.11 Å². The number of aliphatic carboxylic acids is 1. The van der Waals surface area contributed by atoms with Crippen molar-refractivity contribution in [3.63, 3.8) is 0 Å².